The van der Waals surface area contributed by atoms with Crippen LogP contribution in [0.5, 0.6) is 23.0 Å². The summed E-state index contributed by atoms with van der Waals surface area (Å²) in [6.07, 6.45) is 1.07. The van der Waals surface area contributed by atoms with Gasteiger partial charge < -0.3 is 23.7 Å². The molecule has 32 heavy (non-hydrogen) atoms. The van der Waals surface area contributed by atoms with Crippen LogP contribution in [-0.2, 0) is 9.47 Å². The summed E-state index contributed by atoms with van der Waals surface area (Å²) in [7, 11) is 0. The van der Waals surface area contributed by atoms with E-state index in [-0.39, 0.29) is 0 Å². The highest BCUT2D eigenvalue weighted by molar-refractivity contribution is 5.47. The first-order valence-corrected chi connectivity index (χ1v) is 11.6. The summed E-state index contributed by atoms with van der Waals surface area (Å²) in [6, 6.07) is 15.6. The van der Waals surface area contributed by atoms with Gasteiger partial charge in [0.15, 0.2) is 23.0 Å². The summed E-state index contributed by atoms with van der Waals surface area (Å²) in [4.78, 5) is 4.74. The van der Waals surface area contributed by atoms with Crippen molar-refractivity contribution in [2.24, 2.45) is 0 Å². The van der Waals surface area contributed by atoms with Crippen molar-refractivity contribution in [2.45, 2.75) is 6.42 Å². The molecule has 2 aromatic rings. The summed E-state index contributed by atoms with van der Waals surface area (Å²) >= 11 is 0. The smallest absolute Gasteiger partial charge is 0.169 e. The van der Waals surface area contributed by atoms with E-state index in [1.54, 1.807) is 0 Å². The molecule has 7 heteroatoms. The molecule has 2 saturated heterocycles. The number of rotatable bonds is 10. The molecule has 0 amide bonds. The molecule has 2 aliphatic heterocycles. The Balaban J connectivity index is 1.31. The zero-order valence-corrected chi connectivity index (χ0v) is 18.7. The van der Waals surface area contributed by atoms with Crippen LogP contribution in [-0.4, -0.2) is 88.7 Å². The maximum Gasteiger partial charge on any atom is 0.169 e. The Kier molecular flexibility index (Phi) is 9.04. The molecule has 4 rings (SSSR count). The molecular formula is C25H34N2O5. The van der Waals surface area contributed by atoms with Crippen LogP contribution < -0.4 is 14.2 Å². The van der Waals surface area contributed by atoms with Gasteiger partial charge in [-0.2, -0.15) is 0 Å². The zero-order chi connectivity index (χ0) is 21.8. The van der Waals surface area contributed by atoms with Gasteiger partial charge in [0.05, 0.1) is 19.8 Å². The lowest BCUT2D eigenvalue weighted by Crippen LogP contribution is -2.38. The minimum absolute atomic E-state index is 0.609. The Morgan fingerprint density at radius 2 is 1.06 bits per heavy atom. The molecule has 0 N–H and O–H groups in total. The van der Waals surface area contributed by atoms with Crippen LogP contribution in [0, 0.1) is 0 Å². The molecule has 0 aliphatic carbocycles. The molecule has 2 heterocycles. The summed E-state index contributed by atoms with van der Waals surface area (Å²) < 4.78 is 29.3. The molecule has 2 aliphatic rings. The minimum atomic E-state index is 0.609. The van der Waals surface area contributed by atoms with Crippen LogP contribution in [0.2, 0.25) is 0 Å². The van der Waals surface area contributed by atoms with E-state index in [0.29, 0.717) is 24.7 Å². The fraction of sp³-hybridized carbons (Fsp3) is 0.520. The van der Waals surface area contributed by atoms with Crippen LogP contribution >= 0.6 is 0 Å². The first kappa shape index (κ1) is 22.9. The highest BCUT2D eigenvalue weighted by Gasteiger charge is 2.14. The SMILES string of the molecule is c1ccc(Oc2ccccc2OCCN2CCOCC2)c(OCCN2CCCOCC2)c1. The van der Waals surface area contributed by atoms with Crippen LogP contribution in [0.1, 0.15) is 6.42 Å². The highest BCUT2D eigenvalue weighted by Crippen LogP contribution is 2.36. The number of hydrogen-bond donors (Lipinski definition) is 0. The first-order valence-electron chi connectivity index (χ1n) is 11.6. The van der Waals surface area contributed by atoms with Crippen molar-refractivity contribution in [3.8, 4) is 23.0 Å². The largest absolute Gasteiger partial charge is 0.488 e. The fourth-order valence-corrected chi connectivity index (χ4v) is 3.84. The molecular weight excluding hydrogens is 408 g/mol. The monoisotopic (exact) mass is 442 g/mol. The van der Waals surface area contributed by atoms with Crippen molar-refractivity contribution in [1.82, 2.24) is 9.80 Å². The van der Waals surface area contributed by atoms with E-state index in [0.717, 1.165) is 83.6 Å². The van der Waals surface area contributed by atoms with E-state index in [2.05, 4.69) is 9.80 Å². The number of para-hydroxylation sites is 4. The minimum Gasteiger partial charge on any atom is -0.488 e. The highest BCUT2D eigenvalue weighted by atomic mass is 16.5. The molecule has 2 fully saturated rings. The summed E-state index contributed by atoms with van der Waals surface area (Å²) in [5.74, 6) is 2.85. The van der Waals surface area contributed by atoms with Crippen molar-refractivity contribution in [3.63, 3.8) is 0 Å². The van der Waals surface area contributed by atoms with Gasteiger partial charge in [0.25, 0.3) is 0 Å². The molecule has 0 aromatic heterocycles. The second-order valence-electron chi connectivity index (χ2n) is 7.95. The van der Waals surface area contributed by atoms with E-state index in [1.165, 1.54) is 0 Å². The predicted molar refractivity (Wildman–Crippen MR) is 123 cm³/mol. The average molecular weight is 443 g/mol. The van der Waals surface area contributed by atoms with Crippen molar-refractivity contribution < 1.29 is 23.7 Å². The van der Waals surface area contributed by atoms with Crippen LogP contribution in [0.15, 0.2) is 48.5 Å². The quantitative estimate of drug-likeness (QED) is 0.560. The average Bonchev–Trinajstić information content (AvgIpc) is 3.11. The van der Waals surface area contributed by atoms with Crippen molar-refractivity contribution in [1.29, 1.82) is 0 Å². The third-order valence-corrected chi connectivity index (χ3v) is 5.67. The molecule has 0 unspecified atom stereocenters. The molecule has 0 saturated carbocycles. The number of morpholine rings is 1. The maximum absolute atomic E-state index is 6.23. The Bertz CT molecular complexity index is 804. The van der Waals surface area contributed by atoms with Crippen molar-refractivity contribution in [3.05, 3.63) is 48.5 Å². The number of ether oxygens (including phenoxy) is 5. The molecule has 2 aromatic carbocycles. The number of benzene rings is 2. The fourth-order valence-electron chi connectivity index (χ4n) is 3.84. The Hall–Kier alpha value is -2.32. The normalized spacial score (nSPS) is 18.1. The van der Waals surface area contributed by atoms with Gasteiger partial charge in [0, 0.05) is 45.9 Å². The van der Waals surface area contributed by atoms with Gasteiger partial charge >= 0.3 is 0 Å². The van der Waals surface area contributed by atoms with Gasteiger partial charge in [0.1, 0.15) is 13.2 Å². The lowest BCUT2D eigenvalue weighted by atomic mass is 10.3. The van der Waals surface area contributed by atoms with Crippen LogP contribution in [0.4, 0.5) is 0 Å². The standard InChI is InChI=1S/C25H34N2O5/c1-3-8-24(22(6-1)30-20-14-26-10-5-16-28-17-11-26)32-25-9-4-2-7-23(25)31-21-15-27-12-18-29-19-13-27/h1-4,6-9H,5,10-21H2. The van der Waals surface area contributed by atoms with Gasteiger partial charge in [0.2, 0.25) is 0 Å². The second kappa shape index (κ2) is 12.6. The Labute approximate surface area is 190 Å². The molecule has 0 spiro atoms. The first-order chi connectivity index (χ1) is 15.9. The van der Waals surface area contributed by atoms with E-state index in [4.69, 9.17) is 23.7 Å². The zero-order valence-electron chi connectivity index (χ0n) is 18.7. The molecule has 174 valence electrons. The van der Waals surface area contributed by atoms with Gasteiger partial charge in [-0.3, -0.25) is 9.80 Å². The van der Waals surface area contributed by atoms with Crippen molar-refractivity contribution in [2.75, 3.05) is 78.9 Å². The summed E-state index contributed by atoms with van der Waals surface area (Å²) in [5.41, 5.74) is 0. The van der Waals surface area contributed by atoms with Crippen LogP contribution in [0.3, 0.4) is 0 Å². The van der Waals surface area contributed by atoms with E-state index in [1.807, 2.05) is 48.5 Å². The summed E-state index contributed by atoms with van der Waals surface area (Å²) in [6.45, 7) is 10.1. The summed E-state index contributed by atoms with van der Waals surface area (Å²) in [5, 5.41) is 0. The lowest BCUT2D eigenvalue weighted by Gasteiger charge is -2.26. The van der Waals surface area contributed by atoms with Crippen molar-refractivity contribution >= 4 is 0 Å². The molecule has 0 atom stereocenters. The van der Waals surface area contributed by atoms with Crippen LogP contribution in [0.25, 0.3) is 0 Å². The Morgan fingerprint density at radius 1 is 0.594 bits per heavy atom. The van der Waals surface area contributed by atoms with Gasteiger partial charge in [-0.1, -0.05) is 24.3 Å². The third kappa shape index (κ3) is 7.10. The van der Waals surface area contributed by atoms with E-state index >= 15 is 0 Å². The third-order valence-electron chi connectivity index (χ3n) is 5.67. The lowest BCUT2D eigenvalue weighted by molar-refractivity contribution is 0.0321. The number of nitrogens with zero attached hydrogens (tertiary/aromatic N) is 2. The van der Waals surface area contributed by atoms with Gasteiger partial charge in [-0.15, -0.1) is 0 Å². The maximum atomic E-state index is 6.23. The molecule has 0 bridgehead atoms. The Morgan fingerprint density at radius 3 is 1.62 bits per heavy atom. The van der Waals surface area contributed by atoms with Gasteiger partial charge in [-0.05, 0) is 30.7 Å². The molecule has 7 nitrogen and oxygen atoms in total. The topological polar surface area (TPSA) is 52.6 Å². The second-order valence-corrected chi connectivity index (χ2v) is 7.95. The van der Waals surface area contributed by atoms with E-state index in [9.17, 15) is 0 Å². The molecule has 0 radical (unpaired) electrons. The number of hydrogen-bond acceptors (Lipinski definition) is 7. The van der Waals surface area contributed by atoms with Gasteiger partial charge in [-0.25, -0.2) is 0 Å². The van der Waals surface area contributed by atoms with E-state index < -0.39 is 0 Å². The predicted octanol–water partition coefficient (Wildman–Crippen LogP) is 3.29.